The molecular weight excluding hydrogens is 466 g/mol. The average Bonchev–Trinajstić information content (AvgIpc) is 3.11. The molecule has 1 atom stereocenters. The van der Waals surface area contributed by atoms with Gasteiger partial charge < -0.3 is 9.84 Å². The van der Waals surface area contributed by atoms with Crippen molar-refractivity contribution in [3.8, 4) is 0 Å². The number of hydrogen-bond donors (Lipinski definition) is 1. The Kier molecular flexibility index (Phi) is 5.97. The highest BCUT2D eigenvalue weighted by Gasteiger charge is 2.47. The first kappa shape index (κ1) is 22.6. The normalized spacial score (nSPS) is 16.2. The molecule has 1 aliphatic rings. The van der Waals surface area contributed by atoms with E-state index in [0.717, 1.165) is 0 Å². The van der Waals surface area contributed by atoms with Gasteiger partial charge in [0.1, 0.15) is 10.9 Å². The number of esters is 1. The van der Waals surface area contributed by atoms with Crippen LogP contribution in [0, 0.1) is 0 Å². The fourth-order valence-electron chi connectivity index (χ4n) is 3.67. The maximum atomic E-state index is 13.5. The minimum Gasteiger partial charge on any atom is -0.502 e. The molecule has 7 nitrogen and oxygen atoms in total. The Balaban J connectivity index is 1.91. The number of carbonyl (C=O) groups excluding carboxylic acids is 2. The van der Waals surface area contributed by atoms with Crippen molar-refractivity contribution in [1.29, 1.82) is 0 Å². The van der Waals surface area contributed by atoms with Gasteiger partial charge in [-0.15, -0.1) is 0 Å². The van der Waals surface area contributed by atoms with Gasteiger partial charge in [0, 0.05) is 10.7 Å². The van der Waals surface area contributed by atoms with Crippen LogP contribution >= 0.6 is 11.6 Å². The van der Waals surface area contributed by atoms with Gasteiger partial charge in [-0.05, 0) is 54.1 Å². The van der Waals surface area contributed by atoms with Crippen LogP contribution in [-0.2, 0) is 19.4 Å². The second kappa shape index (κ2) is 8.73. The molecule has 1 aliphatic heterocycles. The Morgan fingerprint density at radius 3 is 2.15 bits per heavy atom. The number of sulfone groups is 1. The highest BCUT2D eigenvalue weighted by Crippen LogP contribution is 2.44. The van der Waals surface area contributed by atoms with Crippen LogP contribution in [0.25, 0.3) is 0 Å². The minimum absolute atomic E-state index is 0.0616. The average molecular weight is 484 g/mol. The van der Waals surface area contributed by atoms with E-state index >= 15 is 0 Å². The third kappa shape index (κ3) is 3.99. The molecular formula is C24H18ClNO6S. The number of carbonyl (C=O) groups is 2. The summed E-state index contributed by atoms with van der Waals surface area (Å²) in [6.45, 7) is 0. The summed E-state index contributed by atoms with van der Waals surface area (Å²) in [6.07, 6.45) is 0. The molecule has 0 radical (unpaired) electrons. The maximum Gasteiger partial charge on any atom is 0.337 e. The number of benzene rings is 3. The molecule has 33 heavy (non-hydrogen) atoms. The van der Waals surface area contributed by atoms with E-state index in [0.29, 0.717) is 16.3 Å². The van der Waals surface area contributed by atoms with Gasteiger partial charge in [0.15, 0.2) is 5.76 Å². The van der Waals surface area contributed by atoms with Gasteiger partial charge in [-0.1, -0.05) is 41.9 Å². The molecule has 1 amide bonds. The molecule has 0 aliphatic carbocycles. The number of aliphatic hydroxyl groups is 1. The molecule has 1 N–H and O–H groups in total. The first-order chi connectivity index (χ1) is 15.8. The van der Waals surface area contributed by atoms with Gasteiger partial charge in [-0.25, -0.2) is 13.2 Å². The summed E-state index contributed by atoms with van der Waals surface area (Å²) >= 11 is 5.98. The van der Waals surface area contributed by atoms with E-state index < -0.39 is 38.4 Å². The van der Waals surface area contributed by atoms with Crippen molar-refractivity contribution < 1.29 is 27.9 Å². The highest BCUT2D eigenvalue weighted by atomic mass is 35.5. The number of anilines is 1. The number of halogens is 1. The van der Waals surface area contributed by atoms with Gasteiger partial charge in [0.25, 0.3) is 5.91 Å². The van der Waals surface area contributed by atoms with Crippen LogP contribution in [0.3, 0.4) is 0 Å². The molecule has 1 heterocycles. The second-order valence-corrected chi connectivity index (χ2v) is 9.55. The summed E-state index contributed by atoms with van der Waals surface area (Å²) in [5, 5.41) is 11.2. The van der Waals surface area contributed by atoms with Crippen LogP contribution in [-0.4, -0.2) is 32.5 Å². The van der Waals surface area contributed by atoms with Crippen LogP contribution in [0.15, 0.2) is 94.4 Å². The molecule has 0 unspecified atom stereocenters. The number of amides is 1. The Morgan fingerprint density at radius 1 is 0.970 bits per heavy atom. The molecule has 3 aromatic rings. The van der Waals surface area contributed by atoms with Crippen molar-refractivity contribution in [1.82, 2.24) is 0 Å². The summed E-state index contributed by atoms with van der Waals surface area (Å²) < 4.78 is 31.8. The van der Waals surface area contributed by atoms with E-state index in [1.54, 1.807) is 42.5 Å². The van der Waals surface area contributed by atoms with Crippen LogP contribution < -0.4 is 4.90 Å². The monoisotopic (exact) mass is 483 g/mol. The Hall–Kier alpha value is -3.62. The SMILES string of the molecule is COC(=O)c1ccc([C@H]2C(S(=O)(=O)c3ccccc3)=C(O)C(=O)N2c2ccc(Cl)cc2)cc1. The quantitative estimate of drug-likeness (QED) is 0.538. The standard InChI is InChI=1S/C24H18ClNO6S/c1-32-24(29)16-9-7-15(8-10-16)20-22(33(30,31)19-5-3-2-4-6-19)21(27)23(28)26(20)18-13-11-17(25)12-14-18/h2-14,20,27H,1H3/t20-/m0/s1. The lowest BCUT2D eigenvalue weighted by molar-refractivity contribution is -0.117. The maximum absolute atomic E-state index is 13.5. The van der Waals surface area contributed by atoms with E-state index in [-0.39, 0.29) is 10.5 Å². The lowest BCUT2D eigenvalue weighted by atomic mass is 10.0. The van der Waals surface area contributed by atoms with E-state index in [1.165, 1.54) is 48.4 Å². The number of nitrogens with zero attached hydrogens (tertiary/aromatic N) is 1. The Bertz CT molecular complexity index is 1350. The van der Waals surface area contributed by atoms with Gasteiger partial charge in [-0.3, -0.25) is 9.69 Å². The topological polar surface area (TPSA) is 101 Å². The lowest BCUT2D eigenvalue weighted by Gasteiger charge is -2.27. The molecule has 168 valence electrons. The predicted octanol–water partition coefficient (Wildman–Crippen LogP) is 4.46. The third-order valence-electron chi connectivity index (χ3n) is 5.26. The number of rotatable bonds is 5. The molecule has 4 rings (SSSR count). The van der Waals surface area contributed by atoms with Crippen LogP contribution in [0.5, 0.6) is 0 Å². The lowest BCUT2D eigenvalue weighted by Crippen LogP contribution is -2.31. The number of hydrogen-bond acceptors (Lipinski definition) is 6. The zero-order valence-corrected chi connectivity index (χ0v) is 18.9. The van der Waals surface area contributed by atoms with Crippen LogP contribution in [0.4, 0.5) is 5.69 Å². The summed E-state index contributed by atoms with van der Waals surface area (Å²) in [4.78, 5) is 25.6. The molecule has 9 heteroatoms. The van der Waals surface area contributed by atoms with Crippen molar-refractivity contribution in [2.75, 3.05) is 12.0 Å². The minimum atomic E-state index is -4.25. The third-order valence-corrected chi connectivity index (χ3v) is 7.40. The summed E-state index contributed by atoms with van der Waals surface area (Å²) in [5.41, 5.74) is 0.977. The van der Waals surface area contributed by atoms with E-state index in [4.69, 9.17) is 16.3 Å². The summed E-state index contributed by atoms with van der Waals surface area (Å²) in [7, 11) is -3.00. The fraction of sp³-hybridized carbons (Fsp3) is 0.0833. The Labute approximate surface area is 195 Å². The van der Waals surface area contributed by atoms with Crippen LogP contribution in [0.2, 0.25) is 5.02 Å². The van der Waals surface area contributed by atoms with E-state index in [9.17, 15) is 23.1 Å². The van der Waals surface area contributed by atoms with Crippen molar-refractivity contribution in [3.05, 3.63) is 106 Å². The molecule has 0 fully saturated rings. The molecule has 0 bridgehead atoms. The van der Waals surface area contributed by atoms with Crippen molar-refractivity contribution in [3.63, 3.8) is 0 Å². The largest absolute Gasteiger partial charge is 0.502 e. The van der Waals surface area contributed by atoms with Gasteiger partial charge in [0.05, 0.1) is 17.6 Å². The first-order valence-corrected chi connectivity index (χ1v) is 11.6. The molecule has 0 saturated heterocycles. The molecule has 0 saturated carbocycles. The van der Waals surface area contributed by atoms with Crippen molar-refractivity contribution >= 4 is 39.0 Å². The van der Waals surface area contributed by atoms with Gasteiger partial charge in [-0.2, -0.15) is 0 Å². The summed E-state index contributed by atoms with van der Waals surface area (Å²) in [6, 6.07) is 18.6. The zero-order valence-electron chi connectivity index (χ0n) is 17.3. The zero-order chi connectivity index (χ0) is 23.8. The fourth-order valence-corrected chi connectivity index (χ4v) is 5.44. The van der Waals surface area contributed by atoms with Gasteiger partial charge >= 0.3 is 5.97 Å². The second-order valence-electron chi connectivity index (χ2n) is 7.20. The van der Waals surface area contributed by atoms with Crippen LogP contribution in [0.1, 0.15) is 22.0 Å². The van der Waals surface area contributed by atoms with Gasteiger partial charge in [0.2, 0.25) is 9.84 Å². The number of aliphatic hydroxyl groups excluding tert-OH is 1. The molecule has 0 aromatic heterocycles. The van der Waals surface area contributed by atoms with E-state index in [1.807, 2.05) is 0 Å². The molecule has 3 aromatic carbocycles. The van der Waals surface area contributed by atoms with Crippen molar-refractivity contribution in [2.24, 2.45) is 0 Å². The predicted molar refractivity (Wildman–Crippen MR) is 123 cm³/mol. The molecule has 0 spiro atoms. The number of methoxy groups -OCH3 is 1. The van der Waals surface area contributed by atoms with Crippen molar-refractivity contribution in [2.45, 2.75) is 10.9 Å². The summed E-state index contributed by atoms with van der Waals surface area (Å²) in [5.74, 6) is -2.29. The Morgan fingerprint density at radius 2 is 1.58 bits per heavy atom. The van der Waals surface area contributed by atoms with E-state index in [2.05, 4.69) is 0 Å². The first-order valence-electron chi connectivity index (χ1n) is 9.76. The highest BCUT2D eigenvalue weighted by molar-refractivity contribution is 7.95. The smallest absolute Gasteiger partial charge is 0.337 e. The number of ether oxygens (including phenoxy) is 1.